The standard InChI is InChI=1S/C30H38O6Si/c1-29(2,3)37(26-15-9-5-10-16-26,27-17-11-6-12-18-27)35-23-30(34,19-20-31)21-25(22-32)36-28(33)24-13-7-4-8-14-24/h4-18,25,31-32,34H,19-23H2,1-3H3/t25-,30+/m1/s1. The lowest BCUT2D eigenvalue weighted by atomic mass is 9.94. The van der Waals surface area contributed by atoms with Crippen LogP contribution < -0.4 is 10.4 Å². The summed E-state index contributed by atoms with van der Waals surface area (Å²) in [5.74, 6) is -0.584. The van der Waals surface area contributed by atoms with Gasteiger partial charge in [-0.2, -0.15) is 0 Å². The van der Waals surface area contributed by atoms with Crippen LogP contribution in [-0.2, 0) is 9.16 Å². The molecule has 0 amide bonds. The highest BCUT2D eigenvalue weighted by Gasteiger charge is 2.51. The van der Waals surface area contributed by atoms with Crippen LogP contribution in [0, 0.1) is 0 Å². The predicted molar refractivity (Wildman–Crippen MR) is 148 cm³/mol. The first kappa shape index (κ1) is 28.8. The molecule has 0 radical (unpaired) electrons. The highest BCUT2D eigenvalue weighted by molar-refractivity contribution is 6.99. The lowest BCUT2D eigenvalue weighted by Crippen LogP contribution is -2.67. The Morgan fingerprint density at radius 1 is 0.838 bits per heavy atom. The van der Waals surface area contributed by atoms with E-state index in [1.807, 2.05) is 36.4 Å². The summed E-state index contributed by atoms with van der Waals surface area (Å²) in [5.41, 5.74) is -1.18. The van der Waals surface area contributed by atoms with Gasteiger partial charge in [-0.25, -0.2) is 4.79 Å². The summed E-state index contributed by atoms with van der Waals surface area (Å²) < 4.78 is 12.4. The Kier molecular flexibility index (Phi) is 9.81. The smallest absolute Gasteiger partial charge is 0.338 e. The van der Waals surface area contributed by atoms with Crippen molar-refractivity contribution in [2.24, 2.45) is 0 Å². The first-order valence-corrected chi connectivity index (χ1v) is 14.5. The fraction of sp³-hybridized carbons (Fsp3) is 0.367. The maximum atomic E-state index is 12.6. The van der Waals surface area contributed by atoms with E-state index >= 15 is 0 Å². The molecule has 198 valence electrons. The van der Waals surface area contributed by atoms with Crippen molar-refractivity contribution in [1.82, 2.24) is 0 Å². The molecule has 0 bridgehead atoms. The predicted octanol–water partition coefficient (Wildman–Crippen LogP) is 3.28. The molecule has 0 aliphatic heterocycles. The molecule has 0 aliphatic rings. The number of carbonyl (C=O) groups is 1. The Morgan fingerprint density at radius 2 is 1.32 bits per heavy atom. The van der Waals surface area contributed by atoms with Crippen molar-refractivity contribution >= 4 is 24.7 Å². The number of hydrogen-bond acceptors (Lipinski definition) is 6. The van der Waals surface area contributed by atoms with E-state index in [-0.39, 0.29) is 31.1 Å². The molecule has 37 heavy (non-hydrogen) atoms. The van der Waals surface area contributed by atoms with E-state index in [4.69, 9.17) is 9.16 Å². The number of hydrogen-bond donors (Lipinski definition) is 3. The molecule has 0 aliphatic carbocycles. The zero-order chi connectivity index (χ0) is 26.9. The van der Waals surface area contributed by atoms with Crippen molar-refractivity contribution in [1.29, 1.82) is 0 Å². The Balaban J connectivity index is 1.92. The van der Waals surface area contributed by atoms with Crippen LogP contribution in [0.25, 0.3) is 0 Å². The summed E-state index contributed by atoms with van der Waals surface area (Å²) in [4.78, 5) is 12.6. The Bertz CT molecular complexity index is 1060. The van der Waals surface area contributed by atoms with Gasteiger partial charge in [0.25, 0.3) is 8.32 Å². The monoisotopic (exact) mass is 522 g/mol. The summed E-state index contributed by atoms with van der Waals surface area (Å²) >= 11 is 0. The van der Waals surface area contributed by atoms with E-state index in [0.717, 1.165) is 10.4 Å². The van der Waals surface area contributed by atoms with Gasteiger partial charge in [-0.05, 0) is 27.5 Å². The van der Waals surface area contributed by atoms with Crippen molar-refractivity contribution in [2.45, 2.75) is 50.4 Å². The van der Waals surface area contributed by atoms with Gasteiger partial charge >= 0.3 is 5.97 Å². The minimum absolute atomic E-state index is 0.00455. The van der Waals surface area contributed by atoms with Gasteiger partial charge in [0, 0.05) is 19.4 Å². The largest absolute Gasteiger partial charge is 0.456 e. The number of esters is 1. The summed E-state index contributed by atoms with van der Waals surface area (Å²) in [6.45, 7) is 5.57. The number of aliphatic hydroxyl groups excluding tert-OH is 2. The topological polar surface area (TPSA) is 96.2 Å². The molecule has 3 N–H and O–H groups in total. The number of rotatable bonds is 12. The molecule has 0 saturated heterocycles. The molecule has 0 aromatic heterocycles. The van der Waals surface area contributed by atoms with Crippen LogP contribution in [0.5, 0.6) is 0 Å². The lowest BCUT2D eigenvalue weighted by Gasteiger charge is -2.45. The highest BCUT2D eigenvalue weighted by Crippen LogP contribution is 2.38. The van der Waals surface area contributed by atoms with Gasteiger partial charge in [-0.15, -0.1) is 0 Å². The fourth-order valence-corrected chi connectivity index (χ4v) is 9.45. The molecule has 0 saturated carbocycles. The van der Waals surface area contributed by atoms with Crippen molar-refractivity contribution < 1.29 is 29.3 Å². The Hall–Kier alpha value is -2.81. The third kappa shape index (κ3) is 6.94. The minimum atomic E-state index is -2.95. The second kappa shape index (κ2) is 12.6. The first-order valence-electron chi connectivity index (χ1n) is 12.6. The number of carbonyl (C=O) groups excluding carboxylic acids is 1. The number of ether oxygens (including phenoxy) is 1. The van der Waals surface area contributed by atoms with Gasteiger partial charge in [0.05, 0.1) is 24.4 Å². The van der Waals surface area contributed by atoms with Gasteiger partial charge in [0.15, 0.2) is 0 Å². The molecule has 2 atom stereocenters. The van der Waals surface area contributed by atoms with Crippen molar-refractivity contribution in [3.05, 3.63) is 96.6 Å². The van der Waals surface area contributed by atoms with E-state index in [2.05, 4.69) is 45.0 Å². The molecule has 3 aromatic carbocycles. The van der Waals surface area contributed by atoms with Gasteiger partial charge < -0.3 is 24.5 Å². The molecular weight excluding hydrogens is 484 g/mol. The summed E-state index contributed by atoms with van der Waals surface area (Å²) in [7, 11) is -2.95. The van der Waals surface area contributed by atoms with E-state index < -0.39 is 32.6 Å². The summed E-state index contributed by atoms with van der Waals surface area (Å²) in [5, 5.41) is 33.3. The van der Waals surface area contributed by atoms with Gasteiger partial charge in [-0.3, -0.25) is 0 Å². The zero-order valence-electron chi connectivity index (χ0n) is 21.8. The molecule has 7 heteroatoms. The van der Waals surface area contributed by atoms with E-state index in [9.17, 15) is 20.1 Å². The molecule has 6 nitrogen and oxygen atoms in total. The van der Waals surface area contributed by atoms with Crippen molar-refractivity contribution in [3.63, 3.8) is 0 Å². The van der Waals surface area contributed by atoms with Crippen LogP contribution in [0.15, 0.2) is 91.0 Å². The van der Waals surface area contributed by atoms with E-state index in [0.29, 0.717) is 5.56 Å². The number of aliphatic hydroxyl groups is 3. The molecular formula is C30H38O6Si. The first-order chi connectivity index (χ1) is 17.6. The summed E-state index contributed by atoms with van der Waals surface area (Å²) in [6, 6.07) is 28.6. The van der Waals surface area contributed by atoms with Gasteiger partial charge in [0.2, 0.25) is 0 Å². The zero-order valence-corrected chi connectivity index (χ0v) is 22.8. The second-order valence-corrected chi connectivity index (χ2v) is 14.7. The molecule has 0 heterocycles. The molecule has 3 rings (SSSR count). The normalized spacial score (nSPS) is 14.5. The second-order valence-electron chi connectivity index (χ2n) is 10.4. The molecule has 3 aromatic rings. The minimum Gasteiger partial charge on any atom is -0.456 e. The van der Waals surface area contributed by atoms with Crippen LogP contribution in [0.3, 0.4) is 0 Å². The maximum absolute atomic E-state index is 12.6. The lowest BCUT2D eigenvalue weighted by molar-refractivity contribution is -0.0729. The van der Waals surface area contributed by atoms with Crippen LogP contribution in [0.1, 0.15) is 44.0 Å². The third-order valence-corrected chi connectivity index (χ3v) is 11.6. The van der Waals surface area contributed by atoms with Crippen LogP contribution >= 0.6 is 0 Å². The molecule has 0 spiro atoms. The number of benzene rings is 3. The van der Waals surface area contributed by atoms with Gasteiger partial charge in [-0.1, -0.05) is 99.6 Å². The average molecular weight is 523 g/mol. The maximum Gasteiger partial charge on any atom is 0.338 e. The fourth-order valence-electron chi connectivity index (χ4n) is 4.81. The average Bonchev–Trinajstić information content (AvgIpc) is 2.89. The molecule has 0 fully saturated rings. The Morgan fingerprint density at radius 3 is 1.76 bits per heavy atom. The van der Waals surface area contributed by atoms with Crippen LogP contribution in [0.4, 0.5) is 0 Å². The SMILES string of the molecule is CC(C)(C)[Si](OC[C@](O)(CCO)C[C@H](CO)OC(=O)c1ccccc1)(c1ccccc1)c1ccccc1. The third-order valence-electron chi connectivity index (χ3n) is 6.65. The van der Waals surface area contributed by atoms with Crippen LogP contribution in [0.2, 0.25) is 5.04 Å². The van der Waals surface area contributed by atoms with E-state index in [1.165, 1.54) is 0 Å². The van der Waals surface area contributed by atoms with Gasteiger partial charge in [0.1, 0.15) is 6.10 Å². The summed E-state index contributed by atoms with van der Waals surface area (Å²) in [6.07, 6.45) is -1.04. The quantitative estimate of drug-likeness (QED) is 0.250. The molecule has 0 unspecified atom stereocenters. The Labute approximate surface area is 220 Å². The van der Waals surface area contributed by atoms with Crippen molar-refractivity contribution in [2.75, 3.05) is 19.8 Å². The van der Waals surface area contributed by atoms with Crippen molar-refractivity contribution in [3.8, 4) is 0 Å². The highest BCUT2D eigenvalue weighted by atomic mass is 28.4. The van der Waals surface area contributed by atoms with Crippen LogP contribution in [-0.4, -0.2) is 61.1 Å². The van der Waals surface area contributed by atoms with E-state index in [1.54, 1.807) is 30.3 Å².